The van der Waals surface area contributed by atoms with E-state index in [-0.39, 0.29) is 31.1 Å². The SMILES string of the molecule is OCC(CO)CCc1c(F)cccc1F. The zero-order valence-electron chi connectivity index (χ0n) is 8.29. The van der Waals surface area contributed by atoms with Crippen LogP contribution in [0.4, 0.5) is 8.78 Å². The van der Waals surface area contributed by atoms with Crippen molar-refractivity contribution in [1.29, 1.82) is 0 Å². The van der Waals surface area contributed by atoms with Crippen LogP contribution in [0.2, 0.25) is 0 Å². The van der Waals surface area contributed by atoms with Crippen LogP contribution in [0.1, 0.15) is 12.0 Å². The number of aliphatic hydroxyl groups is 2. The molecular formula is C11H14F2O2. The third kappa shape index (κ3) is 3.25. The van der Waals surface area contributed by atoms with Gasteiger partial charge >= 0.3 is 0 Å². The highest BCUT2D eigenvalue weighted by molar-refractivity contribution is 5.19. The van der Waals surface area contributed by atoms with Gasteiger partial charge in [0.25, 0.3) is 0 Å². The maximum absolute atomic E-state index is 13.1. The van der Waals surface area contributed by atoms with Gasteiger partial charge in [-0.25, -0.2) is 8.78 Å². The molecule has 84 valence electrons. The maximum Gasteiger partial charge on any atom is 0.129 e. The molecule has 0 aliphatic carbocycles. The summed E-state index contributed by atoms with van der Waals surface area (Å²) in [6, 6.07) is 3.71. The van der Waals surface area contributed by atoms with Crippen LogP contribution >= 0.6 is 0 Å². The van der Waals surface area contributed by atoms with Gasteiger partial charge in [-0.3, -0.25) is 0 Å². The highest BCUT2D eigenvalue weighted by Crippen LogP contribution is 2.16. The van der Waals surface area contributed by atoms with Crippen molar-refractivity contribution in [2.24, 2.45) is 5.92 Å². The first-order valence-corrected chi connectivity index (χ1v) is 4.83. The summed E-state index contributed by atoms with van der Waals surface area (Å²) in [5, 5.41) is 17.6. The second-order valence-electron chi connectivity index (χ2n) is 3.47. The molecule has 4 heteroatoms. The van der Waals surface area contributed by atoms with E-state index in [1.807, 2.05) is 0 Å². The average Bonchev–Trinajstić information content (AvgIpc) is 2.23. The third-order valence-corrected chi connectivity index (χ3v) is 2.38. The maximum atomic E-state index is 13.1. The van der Waals surface area contributed by atoms with Gasteiger partial charge in [0.15, 0.2) is 0 Å². The van der Waals surface area contributed by atoms with Crippen molar-refractivity contribution in [3.8, 4) is 0 Å². The minimum absolute atomic E-state index is 0.0180. The van der Waals surface area contributed by atoms with Gasteiger partial charge in [-0.2, -0.15) is 0 Å². The predicted octanol–water partition coefficient (Wildman–Crippen LogP) is 1.50. The van der Waals surface area contributed by atoms with Crippen molar-refractivity contribution in [3.63, 3.8) is 0 Å². The molecule has 1 aromatic rings. The summed E-state index contributed by atoms with van der Waals surface area (Å²) in [5.41, 5.74) is 0.0180. The molecule has 0 amide bonds. The van der Waals surface area contributed by atoms with Gasteiger partial charge in [-0.1, -0.05) is 6.07 Å². The largest absolute Gasteiger partial charge is 0.396 e. The van der Waals surface area contributed by atoms with E-state index in [2.05, 4.69) is 0 Å². The van der Waals surface area contributed by atoms with Gasteiger partial charge in [0.2, 0.25) is 0 Å². The number of hydrogen-bond donors (Lipinski definition) is 2. The first kappa shape index (κ1) is 12.1. The second kappa shape index (κ2) is 5.78. The Balaban J connectivity index is 2.64. The highest BCUT2D eigenvalue weighted by atomic mass is 19.1. The quantitative estimate of drug-likeness (QED) is 0.783. The van der Waals surface area contributed by atoms with E-state index in [0.717, 1.165) is 0 Å². The fraction of sp³-hybridized carbons (Fsp3) is 0.455. The molecule has 0 aromatic heterocycles. The van der Waals surface area contributed by atoms with E-state index < -0.39 is 11.6 Å². The molecule has 2 N–H and O–H groups in total. The van der Waals surface area contributed by atoms with Crippen molar-refractivity contribution in [1.82, 2.24) is 0 Å². The molecule has 2 nitrogen and oxygen atoms in total. The number of benzene rings is 1. The molecule has 0 aliphatic heterocycles. The van der Waals surface area contributed by atoms with Gasteiger partial charge in [-0.15, -0.1) is 0 Å². The molecule has 0 bridgehead atoms. The zero-order chi connectivity index (χ0) is 11.3. The molecule has 1 aromatic carbocycles. The Morgan fingerprint density at radius 1 is 1.07 bits per heavy atom. The molecular weight excluding hydrogens is 202 g/mol. The van der Waals surface area contributed by atoms with Gasteiger partial charge in [0, 0.05) is 24.7 Å². The Labute approximate surface area is 87.2 Å². The van der Waals surface area contributed by atoms with Crippen LogP contribution in [0.5, 0.6) is 0 Å². The summed E-state index contributed by atoms with van der Waals surface area (Å²) in [6.45, 7) is -0.348. The van der Waals surface area contributed by atoms with Gasteiger partial charge in [0.1, 0.15) is 11.6 Å². The molecule has 0 radical (unpaired) electrons. The lowest BCUT2D eigenvalue weighted by Crippen LogP contribution is -2.12. The lowest BCUT2D eigenvalue weighted by molar-refractivity contribution is 0.143. The highest BCUT2D eigenvalue weighted by Gasteiger charge is 2.11. The fourth-order valence-electron chi connectivity index (χ4n) is 1.36. The smallest absolute Gasteiger partial charge is 0.129 e. The third-order valence-electron chi connectivity index (χ3n) is 2.38. The van der Waals surface area contributed by atoms with Crippen LogP contribution in [0.25, 0.3) is 0 Å². The topological polar surface area (TPSA) is 40.5 Å². The Hall–Kier alpha value is -1.00. The standard InChI is InChI=1S/C11H14F2O2/c12-10-2-1-3-11(13)9(10)5-4-8(6-14)7-15/h1-3,8,14-15H,4-7H2. The molecule has 0 saturated carbocycles. The summed E-state index contributed by atoms with van der Waals surface area (Å²) >= 11 is 0. The van der Waals surface area contributed by atoms with E-state index in [4.69, 9.17) is 10.2 Å². The second-order valence-corrected chi connectivity index (χ2v) is 3.47. The van der Waals surface area contributed by atoms with Crippen molar-refractivity contribution in [3.05, 3.63) is 35.4 Å². The van der Waals surface area contributed by atoms with Gasteiger partial charge in [0.05, 0.1) is 0 Å². The van der Waals surface area contributed by atoms with Gasteiger partial charge in [-0.05, 0) is 25.0 Å². The van der Waals surface area contributed by atoms with E-state index in [9.17, 15) is 8.78 Å². The van der Waals surface area contributed by atoms with E-state index in [1.165, 1.54) is 18.2 Å². The Bertz CT molecular complexity index is 291. The first-order chi connectivity index (χ1) is 7.19. The van der Waals surface area contributed by atoms with Crippen LogP contribution in [0, 0.1) is 17.6 Å². The average molecular weight is 216 g/mol. The minimum atomic E-state index is -0.579. The van der Waals surface area contributed by atoms with Crippen LogP contribution in [0.15, 0.2) is 18.2 Å². The molecule has 1 rings (SSSR count). The minimum Gasteiger partial charge on any atom is -0.396 e. The monoisotopic (exact) mass is 216 g/mol. The normalized spacial score (nSPS) is 11.0. The molecule has 0 atom stereocenters. The van der Waals surface area contributed by atoms with Crippen molar-refractivity contribution in [2.45, 2.75) is 12.8 Å². The van der Waals surface area contributed by atoms with Crippen LogP contribution < -0.4 is 0 Å². The Kier molecular flexibility index (Phi) is 4.65. The van der Waals surface area contributed by atoms with Crippen LogP contribution in [0.3, 0.4) is 0 Å². The van der Waals surface area contributed by atoms with Crippen molar-refractivity contribution >= 4 is 0 Å². The summed E-state index contributed by atoms with van der Waals surface area (Å²) in [6.07, 6.45) is 0.551. The van der Waals surface area contributed by atoms with Crippen molar-refractivity contribution < 1.29 is 19.0 Å². The van der Waals surface area contributed by atoms with E-state index in [1.54, 1.807) is 0 Å². The number of rotatable bonds is 5. The molecule has 0 fully saturated rings. The molecule has 0 unspecified atom stereocenters. The molecule has 0 aliphatic rings. The lowest BCUT2D eigenvalue weighted by Gasteiger charge is -2.11. The fourth-order valence-corrected chi connectivity index (χ4v) is 1.36. The van der Waals surface area contributed by atoms with Gasteiger partial charge < -0.3 is 10.2 Å². The van der Waals surface area contributed by atoms with Crippen LogP contribution in [-0.4, -0.2) is 23.4 Å². The number of halogens is 2. The summed E-state index contributed by atoms with van der Waals surface area (Å²) in [4.78, 5) is 0. The van der Waals surface area contributed by atoms with E-state index >= 15 is 0 Å². The number of hydrogen-bond acceptors (Lipinski definition) is 2. The van der Waals surface area contributed by atoms with E-state index in [0.29, 0.717) is 6.42 Å². The first-order valence-electron chi connectivity index (χ1n) is 4.83. The molecule has 15 heavy (non-hydrogen) atoms. The molecule has 0 saturated heterocycles. The van der Waals surface area contributed by atoms with Crippen molar-refractivity contribution in [2.75, 3.05) is 13.2 Å². The summed E-state index contributed by atoms with van der Waals surface area (Å²) in [5.74, 6) is -1.47. The predicted molar refractivity (Wildman–Crippen MR) is 52.3 cm³/mol. The summed E-state index contributed by atoms with van der Waals surface area (Å²) < 4.78 is 26.3. The zero-order valence-corrected chi connectivity index (χ0v) is 8.29. The van der Waals surface area contributed by atoms with Crippen LogP contribution in [-0.2, 0) is 6.42 Å². The molecule has 0 spiro atoms. The number of aliphatic hydroxyl groups excluding tert-OH is 2. The Morgan fingerprint density at radius 2 is 1.60 bits per heavy atom. The Morgan fingerprint density at radius 3 is 2.07 bits per heavy atom. The molecule has 0 heterocycles. The lowest BCUT2D eigenvalue weighted by atomic mass is 10.0. The summed E-state index contributed by atoms with van der Waals surface area (Å²) in [7, 11) is 0.